The number of nitrogens with zero attached hydrogens (tertiary/aromatic N) is 1. The van der Waals surface area contributed by atoms with Gasteiger partial charge in [-0.05, 0) is 17.5 Å². The molecule has 0 spiro atoms. The van der Waals surface area contributed by atoms with Crippen LogP contribution in [0.15, 0.2) is 36.8 Å². The van der Waals surface area contributed by atoms with Crippen LogP contribution in [0.2, 0.25) is 0 Å². The van der Waals surface area contributed by atoms with E-state index in [1.54, 1.807) is 6.33 Å². The zero-order valence-corrected chi connectivity index (χ0v) is 9.85. The second-order valence-electron chi connectivity index (χ2n) is 4.77. The van der Waals surface area contributed by atoms with E-state index < -0.39 is 5.60 Å². The molecular formula is C14H16N2O. The molecule has 3 nitrogen and oxygen atoms in total. The molecule has 1 heterocycles. The van der Waals surface area contributed by atoms with Gasteiger partial charge in [0.25, 0.3) is 0 Å². The van der Waals surface area contributed by atoms with Crippen LogP contribution in [0.5, 0.6) is 0 Å². The third-order valence-corrected chi connectivity index (χ3v) is 3.84. The summed E-state index contributed by atoms with van der Waals surface area (Å²) in [5.74, 6) is 0.0196. The summed E-state index contributed by atoms with van der Waals surface area (Å²) < 4.78 is 0. The van der Waals surface area contributed by atoms with E-state index in [0.717, 1.165) is 18.5 Å². The molecule has 2 aromatic rings. The summed E-state index contributed by atoms with van der Waals surface area (Å²) in [6.07, 6.45) is 4.95. The summed E-state index contributed by atoms with van der Waals surface area (Å²) in [6.45, 7) is 2.04. The fraction of sp³-hybridized carbons (Fsp3) is 0.357. The molecule has 2 N–H and O–H groups in total. The molecule has 1 aromatic heterocycles. The number of hydrogen-bond acceptors (Lipinski definition) is 2. The third kappa shape index (κ3) is 1.50. The quantitative estimate of drug-likeness (QED) is 0.828. The average Bonchev–Trinajstić information content (AvgIpc) is 2.93. The lowest BCUT2D eigenvalue weighted by molar-refractivity contribution is 0.0304. The maximum atomic E-state index is 10.8. The van der Waals surface area contributed by atoms with Crippen LogP contribution in [0.1, 0.15) is 36.1 Å². The van der Waals surface area contributed by atoms with Gasteiger partial charge in [-0.25, -0.2) is 4.98 Å². The molecule has 1 aliphatic rings. The molecule has 0 radical (unpaired) electrons. The summed E-state index contributed by atoms with van der Waals surface area (Å²) in [5, 5.41) is 10.8. The van der Waals surface area contributed by atoms with Gasteiger partial charge >= 0.3 is 0 Å². The second kappa shape index (κ2) is 3.70. The Bertz CT molecular complexity index is 521. The first-order chi connectivity index (χ1) is 8.24. The monoisotopic (exact) mass is 228 g/mol. The molecule has 1 aromatic carbocycles. The number of nitrogens with one attached hydrogen (secondary N) is 1. The van der Waals surface area contributed by atoms with Crippen molar-refractivity contribution >= 4 is 0 Å². The topological polar surface area (TPSA) is 48.9 Å². The van der Waals surface area contributed by atoms with E-state index in [1.165, 1.54) is 11.1 Å². The molecule has 17 heavy (non-hydrogen) atoms. The molecule has 2 unspecified atom stereocenters. The highest BCUT2D eigenvalue weighted by Crippen LogP contribution is 2.45. The van der Waals surface area contributed by atoms with Gasteiger partial charge in [-0.1, -0.05) is 31.2 Å². The van der Waals surface area contributed by atoms with Gasteiger partial charge in [0, 0.05) is 18.3 Å². The van der Waals surface area contributed by atoms with Gasteiger partial charge in [0.15, 0.2) is 0 Å². The Hall–Kier alpha value is -1.61. The molecule has 3 heteroatoms. The standard InChI is InChI=1S/C14H16N2O/c1-2-14(17)7-10-5-3-4-6-11(10)13(14)12-8-15-9-16-12/h3-6,8-9,13,17H,2,7H2,1H3,(H,15,16). The van der Waals surface area contributed by atoms with Crippen LogP contribution < -0.4 is 0 Å². The van der Waals surface area contributed by atoms with Crippen LogP contribution in [-0.2, 0) is 6.42 Å². The Labute approximate surface area is 101 Å². The van der Waals surface area contributed by atoms with Crippen molar-refractivity contribution in [2.75, 3.05) is 0 Å². The second-order valence-corrected chi connectivity index (χ2v) is 4.77. The van der Waals surface area contributed by atoms with E-state index in [4.69, 9.17) is 0 Å². The van der Waals surface area contributed by atoms with Crippen LogP contribution in [0, 0.1) is 0 Å². The number of fused-ring (bicyclic) bond motifs is 1. The lowest BCUT2D eigenvalue weighted by Gasteiger charge is -2.28. The highest BCUT2D eigenvalue weighted by molar-refractivity contribution is 5.44. The molecule has 1 aliphatic carbocycles. The minimum absolute atomic E-state index is 0.0196. The van der Waals surface area contributed by atoms with Gasteiger partial charge in [-0.2, -0.15) is 0 Å². The molecule has 0 aliphatic heterocycles. The van der Waals surface area contributed by atoms with Gasteiger partial charge < -0.3 is 10.1 Å². The average molecular weight is 228 g/mol. The predicted molar refractivity (Wildman–Crippen MR) is 65.8 cm³/mol. The van der Waals surface area contributed by atoms with Gasteiger partial charge in [0.1, 0.15) is 0 Å². The molecule has 2 atom stereocenters. The zero-order chi connectivity index (χ0) is 11.9. The first-order valence-electron chi connectivity index (χ1n) is 6.03. The molecule has 0 fully saturated rings. The number of hydrogen-bond donors (Lipinski definition) is 2. The molecule has 0 saturated carbocycles. The van der Waals surface area contributed by atoms with Crippen LogP contribution in [0.25, 0.3) is 0 Å². The molecule has 0 amide bonds. The van der Waals surface area contributed by atoms with Crippen molar-refractivity contribution in [1.82, 2.24) is 9.97 Å². The summed E-state index contributed by atoms with van der Waals surface area (Å²) in [4.78, 5) is 7.21. The Balaban J connectivity index is 2.15. The van der Waals surface area contributed by atoms with Crippen LogP contribution in [0.4, 0.5) is 0 Å². The van der Waals surface area contributed by atoms with Crippen molar-refractivity contribution in [2.24, 2.45) is 0 Å². The van der Waals surface area contributed by atoms with Crippen LogP contribution in [-0.4, -0.2) is 20.7 Å². The van der Waals surface area contributed by atoms with Gasteiger partial charge in [-0.3, -0.25) is 0 Å². The first kappa shape index (κ1) is 10.5. The summed E-state index contributed by atoms with van der Waals surface area (Å²) in [7, 11) is 0. The molecule has 0 saturated heterocycles. The number of H-pyrrole nitrogens is 1. The number of aromatic nitrogens is 2. The lowest BCUT2D eigenvalue weighted by Crippen LogP contribution is -2.33. The highest BCUT2D eigenvalue weighted by atomic mass is 16.3. The Morgan fingerprint density at radius 2 is 2.29 bits per heavy atom. The van der Waals surface area contributed by atoms with E-state index in [0.29, 0.717) is 0 Å². The Morgan fingerprint density at radius 1 is 1.47 bits per heavy atom. The number of rotatable bonds is 2. The minimum atomic E-state index is -0.684. The zero-order valence-electron chi connectivity index (χ0n) is 9.85. The lowest BCUT2D eigenvalue weighted by atomic mass is 9.84. The van der Waals surface area contributed by atoms with Crippen LogP contribution in [0.3, 0.4) is 0 Å². The molecule has 88 valence electrons. The number of aliphatic hydroxyl groups is 1. The minimum Gasteiger partial charge on any atom is -0.389 e. The van der Waals surface area contributed by atoms with E-state index in [9.17, 15) is 5.11 Å². The van der Waals surface area contributed by atoms with Crippen molar-refractivity contribution in [2.45, 2.75) is 31.3 Å². The van der Waals surface area contributed by atoms with E-state index in [1.807, 2.05) is 25.3 Å². The normalized spacial score (nSPS) is 27.1. The third-order valence-electron chi connectivity index (χ3n) is 3.84. The fourth-order valence-electron chi connectivity index (χ4n) is 2.91. The molecule has 0 bridgehead atoms. The predicted octanol–water partition coefficient (Wildman–Crippen LogP) is 2.24. The van der Waals surface area contributed by atoms with E-state index >= 15 is 0 Å². The van der Waals surface area contributed by atoms with E-state index in [-0.39, 0.29) is 5.92 Å². The Kier molecular flexibility index (Phi) is 2.30. The van der Waals surface area contributed by atoms with Crippen molar-refractivity contribution < 1.29 is 5.11 Å². The largest absolute Gasteiger partial charge is 0.389 e. The summed E-state index contributed by atoms with van der Waals surface area (Å²) in [5.41, 5.74) is 2.79. The van der Waals surface area contributed by atoms with Crippen molar-refractivity contribution in [3.05, 3.63) is 53.6 Å². The summed E-state index contributed by atoms with van der Waals surface area (Å²) in [6, 6.07) is 8.27. The SMILES string of the molecule is CCC1(O)Cc2ccccc2C1c1cnc[nH]1. The summed E-state index contributed by atoms with van der Waals surface area (Å²) >= 11 is 0. The molecular weight excluding hydrogens is 212 g/mol. The Morgan fingerprint density at radius 3 is 3.00 bits per heavy atom. The number of aromatic amines is 1. The smallest absolute Gasteiger partial charge is 0.0921 e. The fourth-order valence-corrected chi connectivity index (χ4v) is 2.91. The van der Waals surface area contributed by atoms with Crippen molar-refractivity contribution in [3.8, 4) is 0 Å². The first-order valence-corrected chi connectivity index (χ1v) is 6.03. The van der Waals surface area contributed by atoms with Gasteiger partial charge in [0.05, 0.1) is 17.8 Å². The van der Waals surface area contributed by atoms with Gasteiger partial charge in [-0.15, -0.1) is 0 Å². The highest BCUT2D eigenvalue weighted by Gasteiger charge is 2.44. The van der Waals surface area contributed by atoms with Crippen molar-refractivity contribution in [3.63, 3.8) is 0 Å². The van der Waals surface area contributed by atoms with E-state index in [2.05, 4.69) is 22.1 Å². The van der Waals surface area contributed by atoms with Crippen LogP contribution >= 0.6 is 0 Å². The molecule has 3 rings (SSSR count). The number of benzene rings is 1. The van der Waals surface area contributed by atoms with Crippen molar-refractivity contribution in [1.29, 1.82) is 0 Å². The number of imidazole rings is 1. The maximum Gasteiger partial charge on any atom is 0.0921 e. The maximum absolute atomic E-state index is 10.8. The van der Waals surface area contributed by atoms with Gasteiger partial charge in [0.2, 0.25) is 0 Å².